The van der Waals surface area contributed by atoms with Crippen molar-refractivity contribution >= 4 is 28.8 Å². The molecule has 0 spiro atoms. The van der Waals surface area contributed by atoms with Gasteiger partial charge in [-0.1, -0.05) is 42.5 Å². The second kappa shape index (κ2) is 9.60. The van der Waals surface area contributed by atoms with E-state index in [1.54, 1.807) is 6.20 Å². The molecule has 30 heavy (non-hydrogen) atoms. The van der Waals surface area contributed by atoms with E-state index < -0.39 is 23.9 Å². The Kier molecular flexibility index (Phi) is 6.69. The molecule has 0 saturated heterocycles. The monoisotopic (exact) mass is 405 g/mol. The smallest absolute Gasteiger partial charge is 0.243 e. The van der Waals surface area contributed by atoms with Crippen LogP contribution in [-0.4, -0.2) is 39.8 Å². The first-order chi connectivity index (χ1) is 14.4. The third-order valence-corrected chi connectivity index (χ3v) is 4.55. The summed E-state index contributed by atoms with van der Waals surface area (Å²) in [5.74, 6) is -1.53. The molecule has 2 aromatic carbocycles. The van der Waals surface area contributed by atoms with E-state index >= 15 is 0 Å². The average Bonchev–Trinajstić information content (AvgIpc) is 2.73. The first-order valence-electron chi connectivity index (χ1n) is 9.54. The summed E-state index contributed by atoms with van der Waals surface area (Å²) in [7, 11) is 0. The molecule has 2 atom stereocenters. The molecule has 0 unspecified atom stereocenters. The second-order valence-corrected chi connectivity index (χ2v) is 6.96. The van der Waals surface area contributed by atoms with Gasteiger partial charge in [0.05, 0.1) is 16.7 Å². The Morgan fingerprint density at radius 1 is 0.900 bits per heavy atom. The predicted molar refractivity (Wildman–Crippen MR) is 112 cm³/mol. The lowest BCUT2D eigenvalue weighted by molar-refractivity contribution is -0.130. The summed E-state index contributed by atoms with van der Waals surface area (Å²) in [6.07, 6.45) is 1.93. The van der Waals surface area contributed by atoms with Crippen molar-refractivity contribution in [2.45, 2.75) is 31.8 Å². The number of fused-ring (bicyclic) bond motifs is 1. The third-order valence-electron chi connectivity index (χ3n) is 4.55. The number of nitrogens with one attached hydrogen (secondary N) is 2. The van der Waals surface area contributed by atoms with Gasteiger partial charge in [-0.25, -0.2) is 4.98 Å². The van der Waals surface area contributed by atoms with Crippen LogP contribution in [0.15, 0.2) is 60.8 Å². The van der Waals surface area contributed by atoms with Gasteiger partial charge in [-0.05, 0) is 17.7 Å². The van der Waals surface area contributed by atoms with Gasteiger partial charge in [0.15, 0.2) is 0 Å². The largest absolute Gasteiger partial charge is 0.368 e. The van der Waals surface area contributed by atoms with Crippen molar-refractivity contribution in [1.82, 2.24) is 20.6 Å². The molecule has 0 radical (unpaired) electrons. The molecule has 8 nitrogen and oxygen atoms in total. The van der Waals surface area contributed by atoms with Crippen LogP contribution in [0.3, 0.4) is 0 Å². The van der Waals surface area contributed by atoms with E-state index in [0.717, 1.165) is 11.1 Å². The molecule has 0 aliphatic carbocycles. The minimum atomic E-state index is -0.986. The molecule has 3 amide bonds. The van der Waals surface area contributed by atoms with Crippen LogP contribution in [0.25, 0.3) is 11.0 Å². The summed E-state index contributed by atoms with van der Waals surface area (Å²) in [5, 5.41) is 5.27. The van der Waals surface area contributed by atoms with Crippen LogP contribution in [0, 0.1) is 0 Å². The number of nitrogens with zero attached hydrogens (tertiary/aromatic N) is 2. The highest BCUT2D eigenvalue weighted by Gasteiger charge is 2.26. The molecular weight excluding hydrogens is 382 g/mol. The average molecular weight is 405 g/mol. The van der Waals surface area contributed by atoms with Gasteiger partial charge in [0.1, 0.15) is 12.1 Å². The molecule has 1 heterocycles. The number of hydrogen-bond acceptors (Lipinski definition) is 5. The lowest BCUT2D eigenvalue weighted by atomic mass is 10.0. The van der Waals surface area contributed by atoms with E-state index in [1.807, 2.05) is 54.6 Å². The lowest BCUT2D eigenvalue weighted by Crippen LogP contribution is -2.54. The number of carbonyl (C=O) groups is 3. The quantitative estimate of drug-likeness (QED) is 0.513. The number of amides is 3. The summed E-state index contributed by atoms with van der Waals surface area (Å²) < 4.78 is 0. The van der Waals surface area contributed by atoms with Crippen LogP contribution in [-0.2, 0) is 27.2 Å². The van der Waals surface area contributed by atoms with Crippen molar-refractivity contribution in [3.05, 3.63) is 72.1 Å². The molecule has 0 saturated carbocycles. The summed E-state index contributed by atoms with van der Waals surface area (Å²) in [5.41, 5.74) is 8.33. The van der Waals surface area contributed by atoms with Crippen molar-refractivity contribution in [3.63, 3.8) is 0 Å². The number of primary amides is 1. The molecular formula is C22H23N5O3. The normalized spacial score (nSPS) is 12.7. The second-order valence-electron chi connectivity index (χ2n) is 6.96. The zero-order chi connectivity index (χ0) is 21.5. The molecule has 3 aromatic rings. The van der Waals surface area contributed by atoms with E-state index in [4.69, 9.17) is 5.73 Å². The fourth-order valence-electron chi connectivity index (χ4n) is 3.10. The third kappa shape index (κ3) is 5.60. The number of carbonyl (C=O) groups excluding carboxylic acids is 3. The topological polar surface area (TPSA) is 127 Å². The summed E-state index contributed by atoms with van der Waals surface area (Å²) in [6.45, 7) is 1.33. The Labute approximate surface area is 173 Å². The van der Waals surface area contributed by atoms with Gasteiger partial charge in [0.25, 0.3) is 0 Å². The molecule has 3 rings (SSSR count). The highest BCUT2D eigenvalue weighted by molar-refractivity contribution is 5.91. The van der Waals surface area contributed by atoms with Gasteiger partial charge in [0, 0.05) is 26.0 Å². The summed E-state index contributed by atoms with van der Waals surface area (Å²) in [6, 6.07) is 14.8. The van der Waals surface area contributed by atoms with E-state index in [0.29, 0.717) is 11.2 Å². The van der Waals surface area contributed by atoms with Gasteiger partial charge in [-0.2, -0.15) is 0 Å². The molecule has 1 aromatic heterocycles. The fourth-order valence-corrected chi connectivity index (χ4v) is 3.10. The Balaban J connectivity index is 1.74. The van der Waals surface area contributed by atoms with Gasteiger partial charge in [0.2, 0.25) is 17.7 Å². The van der Waals surface area contributed by atoms with Crippen LogP contribution < -0.4 is 16.4 Å². The number of rotatable bonds is 8. The van der Waals surface area contributed by atoms with Gasteiger partial charge >= 0.3 is 0 Å². The van der Waals surface area contributed by atoms with Crippen molar-refractivity contribution in [3.8, 4) is 0 Å². The van der Waals surface area contributed by atoms with Crippen molar-refractivity contribution in [2.75, 3.05) is 0 Å². The molecule has 0 aliphatic heterocycles. The Morgan fingerprint density at radius 2 is 1.57 bits per heavy atom. The summed E-state index contributed by atoms with van der Waals surface area (Å²) >= 11 is 0. The number of nitrogens with two attached hydrogens (primary N) is 1. The molecule has 8 heteroatoms. The molecule has 0 fully saturated rings. The maximum absolute atomic E-state index is 12.8. The number of hydrogen-bond donors (Lipinski definition) is 3. The van der Waals surface area contributed by atoms with Crippen LogP contribution in [0.4, 0.5) is 0 Å². The van der Waals surface area contributed by atoms with Crippen LogP contribution >= 0.6 is 0 Å². The van der Waals surface area contributed by atoms with Gasteiger partial charge in [-0.3, -0.25) is 19.4 Å². The SMILES string of the molecule is CC(=O)N[C@@H](Cc1ccccc1)C(=O)N[C@H](Cc1cnc2ccccc2n1)C(N)=O. The van der Waals surface area contributed by atoms with Crippen molar-refractivity contribution < 1.29 is 14.4 Å². The van der Waals surface area contributed by atoms with E-state index in [-0.39, 0.29) is 18.7 Å². The van der Waals surface area contributed by atoms with Gasteiger partial charge in [-0.15, -0.1) is 0 Å². The maximum atomic E-state index is 12.8. The minimum absolute atomic E-state index is 0.0943. The van der Waals surface area contributed by atoms with Gasteiger partial charge < -0.3 is 16.4 Å². The highest BCUT2D eigenvalue weighted by atomic mass is 16.2. The Bertz CT molecular complexity index is 1050. The van der Waals surface area contributed by atoms with E-state index in [1.165, 1.54) is 6.92 Å². The van der Waals surface area contributed by atoms with Crippen molar-refractivity contribution in [1.29, 1.82) is 0 Å². The fraction of sp³-hybridized carbons (Fsp3) is 0.227. The molecule has 4 N–H and O–H groups in total. The molecule has 0 bridgehead atoms. The zero-order valence-electron chi connectivity index (χ0n) is 16.5. The van der Waals surface area contributed by atoms with Crippen LogP contribution in [0.1, 0.15) is 18.2 Å². The number of aromatic nitrogens is 2. The summed E-state index contributed by atoms with van der Waals surface area (Å²) in [4.78, 5) is 45.2. The van der Waals surface area contributed by atoms with E-state index in [9.17, 15) is 14.4 Å². The first kappa shape index (κ1) is 20.9. The number of benzene rings is 2. The highest BCUT2D eigenvalue weighted by Crippen LogP contribution is 2.10. The minimum Gasteiger partial charge on any atom is -0.368 e. The lowest BCUT2D eigenvalue weighted by Gasteiger charge is -2.21. The van der Waals surface area contributed by atoms with Crippen molar-refractivity contribution in [2.24, 2.45) is 5.73 Å². The predicted octanol–water partition coefficient (Wildman–Crippen LogP) is 0.890. The standard InChI is InChI=1S/C22H23N5O3/c1-14(28)25-20(11-15-7-3-2-4-8-15)22(30)27-19(21(23)29)12-16-13-24-17-9-5-6-10-18(17)26-16/h2-10,13,19-20H,11-12H2,1H3,(H2,23,29)(H,25,28)(H,27,30)/t19-,20+/m1/s1. The molecule has 0 aliphatic rings. The Morgan fingerprint density at radius 3 is 2.23 bits per heavy atom. The molecule has 154 valence electrons. The first-order valence-corrected chi connectivity index (χ1v) is 9.54. The maximum Gasteiger partial charge on any atom is 0.243 e. The Hall–Kier alpha value is -3.81. The van der Waals surface area contributed by atoms with Crippen LogP contribution in [0.2, 0.25) is 0 Å². The number of para-hydroxylation sites is 2. The van der Waals surface area contributed by atoms with E-state index in [2.05, 4.69) is 20.6 Å². The zero-order valence-corrected chi connectivity index (χ0v) is 16.5. The van der Waals surface area contributed by atoms with Crippen LogP contribution in [0.5, 0.6) is 0 Å².